The molecule has 148 valence electrons. The van der Waals surface area contributed by atoms with E-state index in [4.69, 9.17) is 26.3 Å². The molecule has 6 nitrogen and oxygen atoms in total. The molecule has 2 aliphatic rings. The van der Waals surface area contributed by atoms with Gasteiger partial charge in [0.15, 0.2) is 0 Å². The van der Waals surface area contributed by atoms with Crippen molar-refractivity contribution in [2.45, 2.75) is 19.4 Å². The Morgan fingerprint density at radius 1 is 1.21 bits per heavy atom. The van der Waals surface area contributed by atoms with Crippen molar-refractivity contribution in [2.75, 3.05) is 43.6 Å². The van der Waals surface area contributed by atoms with Crippen LogP contribution in [0, 0.1) is 5.82 Å². The maximum Gasteiger partial charge on any atom is 0.237 e. The first kappa shape index (κ1) is 19.1. The number of hydrogen-bond donors (Lipinski definition) is 0. The minimum Gasteiger partial charge on any atom is -0.378 e. The molecule has 1 saturated heterocycles. The van der Waals surface area contributed by atoms with Crippen molar-refractivity contribution in [2.24, 2.45) is 0 Å². The molecule has 0 saturated carbocycles. The molecule has 3 heterocycles. The number of hydrogen-bond acceptors (Lipinski definition) is 5. The summed E-state index contributed by atoms with van der Waals surface area (Å²) < 4.78 is 19.0. The molecule has 28 heavy (non-hydrogen) atoms. The predicted octanol–water partition coefficient (Wildman–Crippen LogP) is 2.17. The van der Waals surface area contributed by atoms with Crippen LogP contribution in [0.4, 0.5) is 10.2 Å². The summed E-state index contributed by atoms with van der Waals surface area (Å²) in [6.07, 6.45) is 1.13. The quantitative estimate of drug-likeness (QED) is 0.731. The lowest BCUT2D eigenvalue weighted by Crippen LogP contribution is -2.41. The predicted molar refractivity (Wildman–Crippen MR) is 104 cm³/mol. The lowest BCUT2D eigenvalue weighted by atomic mass is 10.0. The third kappa shape index (κ3) is 4.10. The van der Waals surface area contributed by atoms with E-state index in [9.17, 15) is 9.18 Å². The van der Waals surface area contributed by atoms with Crippen LogP contribution in [0.1, 0.15) is 22.6 Å². The Balaban J connectivity index is 1.69. The van der Waals surface area contributed by atoms with Crippen LogP contribution in [0.5, 0.6) is 0 Å². The van der Waals surface area contributed by atoms with Crippen molar-refractivity contribution in [1.29, 1.82) is 0 Å². The summed E-state index contributed by atoms with van der Waals surface area (Å²) >= 11 is 5.75. The first-order chi connectivity index (χ1) is 13.6. The van der Waals surface area contributed by atoms with E-state index in [1.807, 2.05) is 6.07 Å². The van der Waals surface area contributed by atoms with Gasteiger partial charge in [-0.1, -0.05) is 12.1 Å². The van der Waals surface area contributed by atoms with Gasteiger partial charge in [-0.3, -0.25) is 4.79 Å². The van der Waals surface area contributed by atoms with Gasteiger partial charge in [-0.15, -0.1) is 11.6 Å². The molecule has 1 aromatic carbocycles. The van der Waals surface area contributed by atoms with Crippen LogP contribution in [0.3, 0.4) is 0 Å². The summed E-state index contributed by atoms with van der Waals surface area (Å²) in [4.78, 5) is 25.6. The van der Waals surface area contributed by atoms with Crippen LogP contribution in [0.25, 0.3) is 0 Å². The number of halogens is 2. The SMILES string of the molecule is O=C(CCl)N1CCc2nc(Cc3cccc(F)c3)nc(N3CCOCC3)c2C1. The first-order valence-electron chi connectivity index (χ1n) is 9.43. The standard InChI is InChI=1S/C20H22ClFN4O2/c21-12-19(27)26-5-4-17-16(13-26)20(25-6-8-28-9-7-25)24-18(23-17)11-14-2-1-3-15(22)10-14/h1-3,10H,4-9,11-13H2. The molecule has 0 atom stereocenters. The summed E-state index contributed by atoms with van der Waals surface area (Å²) in [5.41, 5.74) is 2.78. The Bertz CT molecular complexity index is 873. The molecule has 0 radical (unpaired) electrons. The van der Waals surface area contributed by atoms with Gasteiger partial charge >= 0.3 is 0 Å². The van der Waals surface area contributed by atoms with E-state index in [-0.39, 0.29) is 17.6 Å². The molecule has 1 fully saturated rings. The molecule has 1 aromatic heterocycles. The van der Waals surface area contributed by atoms with Crippen molar-refractivity contribution in [3.8, 4) is 0 Å². The van der Waals surface area contributed by atoms with Crippen molar-refractivity contribution < 1.29 is 13.9 Å². The second-order valence-electron chi connectivity index (χ2n) is 6.99. The molecular formula is C20H22ClFN4O2. The molecule has 1 amide bonds. The lowest BCUT2D eigenvalue weighted by molar-refractivity contribution is -0.129. The van der Waals surface area contributed by atoms with Gasteiger partial charge in [-0.05, 0) is 17.7 Å². The number of alkyl halides is 1. The first-order valence-corrected chi connectivity index (χ1v) is 9.97. The van der Waals surface area contributed by atoms with Crippen LogP contribution in [0.2, 0.25) is 0 Å². The number of anilines is 1. The number of amides is 1. The van der Waals surface area contributed by atoms with E-state index in [1.165, 1.54) is 12.1 Å². The molecule has 2 aliphatic heterocycles. The zero-order chi connectivity index (χ0) is 19.5. The smallest absolute Gasteiger partial charge is 0.237 e. The molecule has 0 unspecified atom stereocenters. The van der Waals surface area contributed by atoms with Gasteiger partial charge in [0, 0.05) is 38.0 Å². The summed E-state index contributed by atoms with van der Waals surface area (Å²) in [7, 11) is 0. The monoisotopic (exact) mass is 404 g/mol. The fourth-order valence-electron chi connectivity index (χ4n) is 3.69. The summed E-state index contributed by atoms with van der Waals surface area (Å²) in [5, 5.41) is 0. The van der Waals surface area contributed by atoms with Crippen LogP contribution >= 0.6 is 11.6 Å². The number of ether oxygens (including phenoxy) is 1. The molecular weight excluding hydrogens is 383 g/mol. The van der Waals surface area contributed by atoms with Crippen molar-refractivity contribution in [1.82, 2.24) is 14.9 Å². The fraction of sp³-hybridized carbons (Fsp3) is 0.450. The molecule has 4 rings (SSSR count). The van der Waals surface area contributed by atoms with Crippen LogP contribution < -0.4 is 4.90 Å². The van der Waals surface area contributed by atoms with Gasteiger partial charge in [0.1, 0.15) is 23.3 Å². The number of fused-ring (bicyclic) bond motifs is 1. The highest BCUT2D eigenvalue weighted by Crippen LogP contribution is 2.28. The molecule has 8 heteroatoms. The zero-order valence-corrected chi connectivity index (χ0v) is 16.3. The van der Waals surface area contributed by atoms with E-state index in [0.717, 1.165) is 35.7 Å². The normalized spacial score (nSPS) is 16.8. The highest BCUT2D eigenvalue weighted by Gasteiger charge is 2.28. The van der Waals surface area contributed by atoms with Gasteiger partial charge in [0.2, 0.25) is 5.91 Å². The average Bonchev–Trinajstić information content (AvgIpc) is 2.73. The van der Waals surface area contributed by atoms with E-state index in [0.29, 0.717) is 45.0 Å². The molecule has 0 bridgehead atoms. The largest absolute Gasteiger partial charge is 0.378 e. The second kappa shape index (κ2) is 8.41. The Kier molecular flexibility index (Phi) is 5.73. The second-order valence-corrected chi connectivity index (χ2v) is 7.26. The van der Waals surface area contributed by atoms with Gasteiger partial charge in [0.05, 0.1) is 25.5 Å². The average molecular weight is 405 g/mol. The van der Waals surface area contributed by atoms with E-state index < -0.39 is 0 Å². The van der Waals surface area contributed by atoms with Crippen LogP contribution in [0.15, 0.2) is 24.3 Å². The third-order valence-electron chi connectivity index (χ3n) is 5.11. The van der Waals surface area contributed by atoms with Gasteiger partial charge in [0.25, 0.3) is 0 Å². The van der Waals surface area contributed by atoms with Crippen LogP contribution in [-0.4, -0.2) is 59.5 Å². The third-order valence-corrected chi connectivity index (χ3v) is 5.34. The summed E-state index contributed by atoms with van der Waals surface area (Å²) in [6.45, 7) is 3.83. The zero-order valence-electron chi connectivity index (χ0n) is 15.5. The highest BCUT2D eigenvalue weighted by molar-refractivity contribution is 6.27. The van der Waals surface area contributed by atoms with Crippen molar-refractivity contribution >= 4 is 23.3 Å². The number of carbonyl (C=O) groups excluding carboxylic acids is 1. The number of benzene rings is 1. The maximum atomic E-state index is 13.6. The Morgan fingerprint density at radius 2 is 2.04 bits per heavy atom. The minimum absolute atomic E-state index is 0.0271. The van der Waals surface area contributed by atoms with E-state index in [2.05, 4.69) is 4.90 Å². The van der Waals surface area contributed by atoms with Crippen molar-refractivity contribution in [3.63, 3.8) is 0 Å². The molecule has 0 aliphatic carbocycles. The van der Waals surface area contributed by atoms with Crippen LogP contribution in [-0.2, 0) is 28.9 Å². The minimum atomic E-state index is -0.265. The van der Waals surface area contributed by atoms with Gasteiger partial charge in [-0.2, -0.15) is 0 Å². The van der Waals surface area contributed by atoms with E-state index in [1.54, 1.807) is 11.0 Å². The Labute approximate surface area is 168 Å². The number of nitrogens with zero attached hydrogens (tertiary/aromatic N) is 4. The molecule has 2 aromatic rings. The number of aromatic nitrogens is 2. The fourth-order valence-corrected chi connectivity index (χ4v) is 3.86. The maximum absolute atomic E-state index is 13.6. The number of rotatable bonds is 4. The number of carbonyl (C=O) groups is 1. The van der Waals surface area contributed by atoms with Crippen molar-refractivity contribution in [3.05, 3.63) is 52.7 Å². The Morgan fingerprint density at radius 3 is 2.79 bits per heavy atom. The van der Waals surface area contributed by atoms with Gasteiger partial charge < -0.3 is 14.5 Å². The number of morpholine rings is 1. The summed E-state index contributed by atoms with van der Waals surface area (Å²) in [6, 6.07) is 6.51. The topological polar surface area (TPSA) is 58.6 Å². The Hall–Kier alpha value is -2.25. The highest BCUT2D eigenvalue weighted by atomic mass is 35.5. The van der Waals surface area contributed by atoms with Gasteiger partial charge in [-0.25, -0.2) is 14.4 Å². The van der Waals surface area contributed by atoms with E-state index >= 15 is 0 Å². The lowest BCUT2D eigenvalue weighted by Gasteiger charge is -2.34. The summed E-state index contributed by atoms with van der Waals surface area (Å²) in [5.74, 6) is 1.15. The molecule has 0 N–H and O–H groups in total. The molecule has 0 spiro atoms.